The lowest BCUT2D eigenvalue weighted by atomic mass is 10.2. The number of piperazine rings is 1. The fourth-order valence-electron chi connectivity index (χ4n) is 2.63. The molecular formula is C16H20F2N4O. The van der Waals surface area contributed by atoms with Crippen molar-refractivity contribution in [3.63, 3.8) is 0 Å². The van der Waals surface area contributed by atoms with Crippen LogP contribution < -0.4 is 0 Å². The van der Waals surface area contributed by atoms with Gasteiger partial charge in [-0.05, 0) is 38.2 Å². The summed E-state index contributed by atoms with van der Waals surface area (Å²) in [4.78, 5) is 9.00. The second-order valence-corrected chi connectivity index (χ2v) is 5.89. The smallest absolute Gasteiger partial charge is 0.227 e. The molecule has 5 nitrogen and oxygen atoms in total. The van der Waals surface area contributed by atoms with Gasteiger partial charge >= 0.3 is 0 Å². The van der Waals surface area contributed by atoms with Gasteiger partial charge in [0.15, 0.2) is 11.6 Å². The Hall–Kier alpha value is -1.86. The topological polar surface area (TPSA) is 45.4 Å². The molecule has 3 rings (SSSR count). The lowest BCUT2D eigenvalue weighted by Crippen LogP contribution is -2.44. The van der Waals surface area contributed by atoms with Crippen molar-refractivity contribution in [3.05, 3.63) is 35.7 Å². The van der Waals surface area contributed by atoms with Crippen LogP contribution in [0.2, 0.25) is 0 Å². The molecule has 0 N–H and O–H groups in total. The fourth-order valence-corrected chi connectivity index (χ4v) is 2.63. The van der Waals surface area contributed by atoms with Crippen molar-refractivity contribution in [3.8, 4) is 11.4 Å². The molecule has 7 heteroatoms. The van der Waals surface area contributed by atoms with Crippen molar-refractivity contribution in [1.82, 2.24) is 19.9 Å². The molecule has 23 heavy (non-hydrogen) atoms. The lowest BCUT2D eigenvalue weighted by Gasteiger charge is -2.32. The summed E-state index contributed by atoms with van der Waals surface area (Å²) in [6.45, 7) is 5.36. The summed E-state index contributed by atoms with van der Waals surface area (Å²) >= 11 is 0. The molecule has 0 saturated carbocycles. The molecule has 1 aliphatic rings. The van der Waals surface area contributed by atoms with Gasteiger partial charge in [-0.25, -0.2) is 8.78 Å². The van der Waals surface area contributed by atoms with Crippen LogP contribution in [0.15, 0.2) is 22.7 Å². The zero-order chi connectivity index (χ0) is 16.2. The Morgan fingerprint density at radius 3 is 2.65 bits per heavy atom. The molecule has 124 valence electrons. The van der Waals surface area contributed by atoms with E-state index in [1.54, 1.807) is 0 Å². The molecule has 1 aromatic carbocycles. The molecule has 2 aromatic rings. The predicted octanol–water partition coefficient (Wildman–Crippen LogP) is 2.19. The first kappa shape index (κ1) is 16.0. The lowest BCUT2D eigenvalue weighted by molar-refractivity contribution is 0.152. The maximum atomic E-state index is 13.2. The number of hydrogen-bond acceptors (Lipinski definition) is 5. The molecule has 1 fully saturated rings. The van der Waals surface area contributed by atoms with Crippen LogP contribution in [0, 0.1) is 11.6 Å². The normalized spacial score (nSPS) is 16.8. The maximum absolute atomic E-state index is 13.2. The zero-order valence-electron chi connectivity index (χ0n) is 13.1. The molecule has 1 saturated heterocycles. The van der Waals surface area contributed by atoms with Crippen LogP contribution in [0.1, 0.15) is 12.3 Å². The van der Waals surface area contributed by atoms with Crippen LogP contribution in [0.5, 0.6) is 0 Å². The van der Waals surface area contributed by atoms with Crippen molar-refractivity contribution in [2.24, 2.45) is 0 Å². The first-order valence-corrected chi connectivity index (χ1v) is 7.81. The van der Waals surface area contributed by atoms with E-state index in [1.807, 2.05) is 0 Å². The van der Waals surface area contributed by atoms with Crippen molar-refractivity contribution >= 4 is 0 Å². The Morgan fingerprint density at radius 2 is 1.91 bits per heavy atom. The third-order valence-electron chi connectivity index (χ3n) is 4.11. The fraction of sp³-hybridized carbons (Fsp3) is 0.500. The average molecular weight is 322 g/mol. The maximum Gasteiger partial charge on any atom is 0.227 e. The molecule has 1 aromatic heterocycles. The summed E-state index contributed by atoms with van der Waals surface area (Å²) in [6, 6.07) is 3.58. The molecule has 1 aliphatic heterocycles. The Kier molecular flexibility index (Phi) is 4.97. The highest BCUT2D eigenvalue weighted by atomic mass is 19.2. The first-order chi connectivity index (χ1) is 11.1. The highest BCUT2D eigenvalue weighted by Gasteiger charge is 2.14. The van der Waals surface area contributed by atoms with E-state index >= 15 is 0 Å². The quantitative estimate of drug-likeness (QED) is 0.844. The van der Waals surface area contributed by atoms with E-state index in [1.165, 1.54) is 6.07 Å². The number of hydrogen-bond donors (Lipinski definition) is 0. The Labute approximate surface area is 133 Å². The van der Waals surface area contributed by atoms with Crippen molar-refractivity contribution in [2.75, 3.05) is 39.8 Å². The van der Waals surface area contributed by atoms with Gasteiger partial charge in [0.1, 0.15) is 0 Å². The van der Waals surface area contributed by atoms with Gasteiger partial charge < -0.3 is 14.3 Å². The molecule has 0 spiro atoms. The van der Waals surface area contributed by atoms with Crippen LogP contribution in [0.4, 0.5) is 8.78 Å². The number of benzene rings is 1. The summed E-state index contributed by atoms with van der Waals surface area (Å²) in [5, 5.41) is 3.84. The van der Waals surface area contributed by atoms with E-state index in [9.17, 15) is 8.78 Å². The van der Waals surface area contributed by atoms with Crippen LogP contribution in [0.25, 0.3) is 11.4 Å². The highest BCUT2D eigenvalue weighted by molar-refractivity contribution is 5.54. The Balaban J connectivity index is 1.52. The standard InChI is InChI=1S/C16H20F2N4O/c1-21-7-9-22(10-8-21)6-2-3-15-19-16(20-23-15)12-4-5-13(17)14(18)11-12/h4-5,11H,2-3,6-10H2,1H3. The van der Waals surface area contributed by atoms with Crippen LogP contribution in [-0.2, 0) is 6.42 Å². The van der Waals surface area contributed by atoms with Gasteiger partial charge in [-0.15, -0.1) is 0 Å². The Morgan fingerprint density at radius 1 is 1.13 bits per heavy atom. The average Bonchev–Trinajstić information content (AvgIpc) is 3.01. The number of nitrogens with zero attached hydrogens (tertiary/aromatic N) is 4. The molecular weight excluding hydrogens is 302 g/mol. The van der Waals surface area contributed by atoms with Gasteiger partial charge in [0.25, 0.3) is 0 Å². The van der Waals surface area contributed by atoms with Gasteiger partial charge in [0, 0.05) is 38.2 Å². The number of halogens is 2. The van der Waals surface area contributed by atoms with E-state index in [0.29, 0.717) is 23.7 Å². The van der Waals surface area contributed by atoms with Crippen molar-refractivity contribution in [1.29, 1.82) is 0 Å². The zero-order valence-corrected chi connectivity index (χ0v) is 13.1. The predicted molar refractivity (Wildman–Crippen MR) is 81.9 cm³/mol. The minimum Gasteiger partial charge on any atom is -0.339 e. The number of aryl methyl sites for hydroxylation is 1. The van der Waals surface area contributed by atoms with Gasteiger partial charge in [-0.1, -0.05) is 5.16 Å². The molecule has 2 heterocycles. The second-order valence-electron chi connectivity index (χ2n) is 5.89. The third-order valence-corrected chi connectivity index (χ3v) is 4.11. The Bertz CT molecular complexity index is 653. The van der Waals surface area contributed by atoms with E-state index in [0.717, 1.165) is 51.3 Å². The summed E-state index contributed by atoms with van der Waals surface area (Å²) < 4.78 is 31.4. The number of rotatable bonds is 5. The third kappa shape index (κ3) is 4.11. The first-order valence-electron chi connectivity index (χ1n) is 7.81. The summed E-state index contributed by atoms with van der Waals surface area (Å²) in [7, 11) is 2.13. The molecule has 0 aliphatic carbocycles. The molecule has 0 bridgehead atoms. The summed E-state index contributed by atoms with van der Waals surface area (Å²) in [5.41, 5.74) is 0.415. The van der Waals surface area contributed by atoms with E-state index in [2.05, 4.69) is 27.0 Å². The minimum absolute atomic E-state index is 0.290. The monoisotopic (exact) mass is 322 g/mol. The summed E-state index contributed by atoms with van der Waals surface area (Å²) in [6.07, 6.45) is 1.62. The van der Waals surface area contributed by atoms with Crippen LogP contribution >= 0.6 is 0 Å². The van der Waals surface area contributed by atoms with Gasteiger partial charge in [0.2, 0.25) is 11.7 Å². The van der Waals surface area contributed by atoms with Crippen LogP contribution in [0.3, 0.4) is 0 Å². The van der Waals surface area contributed by atoms with E-state index in [-0.39, 0.29) is 0 Å². The molecule has 0 unspecified atom stereocenters. The number of likely N-dealkylation sites (N-methyl/N-ethyl adjacent to an activating group) is 1. The highest BCUT2D eigenvalue weighted by Crippen LogP contribution is 2.19. The van der Waals surface area contributed by atoms with E-state index < -0.39 is 11.6 Å². The SMILES string of the molecule is CN1CCN(CCCc2nc(-c3ccc(F)c(F)c3)no2)CC1. The molecule has 0 atom stereocenters. The minimum atomic E-state index is -0.913. The largest absolute Gasteiger partial charge is 0.339 e. The number of aromatic nitrogens is 2. The summed E-state index contributed by atoms with van der Waals surface area (Å²) in [5.74, 6) is -0.981. The van der Waals surface area contributed by atoms with Crippen molar-refractivity contribution in [2.45, 2.75) is 12.8 Å². The van der Waals surface area contributed by atoms with Gasteiger partial charge in [0.05, 0.1) is 0 Å². The molecule has 0 radical (unpaired) electrons. The van der Waals surface area contributed by atoms with Crippen molar-refractivity contribution < 1.29 is 13.3 Å². The van der Waals surface area contributed by atoms with Gasteiger partial charge in [-0.3, -0.25) is 0 Å². The second kappa shape index (κ2) is 7.14. The van der Waals surface area contributed by atoms with E-state index in [4.69, 9.17) is 4.52 Å². The van der Waals surface area contributed by atoms with Gasteiger partial charge in [-0.2, -0.15) is 4.98 Å². The van der Waals surface area contributed by atoms with Crippen LogP contribution in [-0.4, -0.2) is 59.7 Å². The molecule has 0 amide bonds.